The SMILES string of the molecule is CCOCc1nc(Cl)cc(N(C)Cc2ccc(Cl)cc2)n1. The average molecular weight is 326 g/mol. The normalized spacial score (nSPS) is 10.7. The van der Waals surface area contributed by atoms with Crippen LogP contribution in [0.1, 0.15) is 18.3 Å². The molecule has 112 valence electrons. The molecule has 0 fully saturated rings. The highest BCUT2D eigenvalue weighted by molar-refractivity contribution is 6.30. The molecular weight excluding hydrogens is 309 g/mol. The molecule has 0 aliphatic heterocycles. The Hall–Kier alpha value is -1.36. The van der Waals surface area contributed by atoms with Gasteiger partial charge < -0.3 is 9.64 Å². The number of ether oxygens (including phenoxy) is 1. The van der Waals surface area contributed by atoms with E-state index < -0.39 is 0 Å². The van der Waals surface area contributed by atoms with Gasteiger partial charge in [-0.25, -0.2) is 9.97 Å². The first-order chi connectivity index (χ1) is 10.1. The van der Waals surface area contributed by atoms with Crippen molar-refractivity contribution in [1.29, 1.82) is 0 Å². The molecule has 0 amide bonds. The molecule has 21 heavy (non-hydrogen) atoms. The molecule has 0 N–H and O–H groups in total. The van der Waals surface area contributed by atoms with Crippen molar-refractivity contribution in [3.05, 3.63) is 51.9 Å². The van der Waals surface area contributed by atoms with E-state index in [0.717, 1.165) is 16.4 Å². The van der Waals surface area contributed by atoms with E-state index >= 15 is 0 Å². The van der Waals surface area contributed by atoms with Gasteiger partial charge in [0.2, 0.25) is 0 Å². The van der Waals surface area contributed by atoms with Crippen LogP contribution in [0.3, 0.4) is 0 Å². The van der Waals surface area contributed by atoms with Crippen molar-refractivity contribution >= 4 is 29.0 Å². The summed E-state index contributed by atoms with van der Waals surface area (Å²) in [6, 6.07) is 9.47. The van der Waals surface area contributed by atoms with Crippen molar-refractivity contribution in [2.45, 2.75) is 20.1 Å². The van der Waals surface area contributed by atoms with Gasteiger partial charge in [0.05, 0.1) is 0 Å². The molecule has 1 aromatic heterocycles. The maximum absolute atomic E-state index is 6.05. The summed E-state index contributed by atoms with van der Waals surface area (Å²) in [5.41, 5.74) is 1.14. The maximum atomic E-state index is 6.05. The van der Waals surface area contributed by atoms with Crippen molar-refractivity contribution in [2.24, 2.45) is 0 Å². The number of benzene rings is 1. The van der Waals surface area contributed by atoms with E-state index in [9.17, 15) is 0 Å². The minimum absolute atomic E-state index is 0.360. The highest BCUT2D eigenvalue weighted by Crippen LogP contribution is 2.18. The Morgan fingerprint density at radius 2 is 1.86 bits per heavy atom. The third-order valence-corrected chi connectivity index (χ3v) is 3.33. The first kappa shape index (κ1) is 16.0. The van der Waals surface area contributed by atoms with Gasteiger partial charge in [-0.3, -0.25) is 0 Å². The molecule has 4 nitrogen and oxygen atoms in total. The molecule has 1 aromatic carbocycles. The zero-order valence-corrected chi connectivity index (χ0v) is 13.5. The van der Waals surface area contributed by atoms with Gasteiger partial charge >= 0.3 is 0 Å². The number of hydrogen-bond acceptors (Lipinski definition) is 4. The number of anilines is 1. The van der Waals surface area contributed by atoms with Crippen LogP contribution in [0.25, 0.3) is 0 Å². The summed E-state index contributed by atoms with van der Waals surface area (Å²) >= 11 is 11.9. The van der Waals surface area contributed by atoms with Crippen LogP contribution in [0.4, 0.5) is 5.82 Å². The Morgan fingerprint density at radius 3 is 2.52 bits per heavy atom. The van der Waals surface area contributed by atoms with Crippen molar-refractivity contribution in [1.82, 2.24) is 9.97 Å². The molecule has 2 aromatic rings. The Balaban J connectivity index is 2.12. The van der Waals surface area contributed by atoms with Crippen LogP contribution in [0.2, 0.25) is 10.2 Å². The minimum atomic E-state index is 0.360. The molecular formula is C15H17Cl2N3O. The van der Waals surface area contributed by atoms with Crippen LogP contribution in [0, 0.1) is 0 Å². The van der Waals surface area contributed by atoms with Crippen LogP contribution in [-0.4, -0.2) is 23.6 Å². The lowest BCUT2D eigenvalue weighted by Gasteiger charge is -2.19. The first-order valence-electron chi connectivity index (χ1n) is 6.65. The summed E-state index contributed by atoms with van der Waals surface area (Å²) in [6.07, 6.45) is 0. The predicted molar refractivity (Wildman–Crippen MR) is 85.9 cm³/mol. The Morgan fingerprint density at radius 1 is 1.14 bits per heavy atom. The molecule has 0 saturated heterocycles. The third-order valence-electron chi connectivity index (χ3n) is 2.89. The maximum Gasteiger partial charge on any atom is 0.158 e. The summed E-state index contributed by atoms with van der Waals surface area (Å²) in [7, 11) is 1.96. The molecule has 1 heterocycles. The highest BCUT2D eigenvalue weighted by atomic mass is 35.5. The number of aromatic nitrogens is 2. The van der Waals surface area contributed by atoms with Gasteiger partial charge in [-0.2, -0.15) is 0 Å². The largest absolute Gasteiger partial charge is 0.374 e. The molecule has 0 atom stereocenters. The van der Waals surface area contributed by atoms with Crippen LogP contribution in [0.5, 0.6) is 0 Å². The van der Waals surface area contributed by atoms with Gasteiger partial charge in [-0.15, -0.1) is 0 Å². The quantitative estimate of drug-likeness (QED) is 0.753. The fourth-order valence-corrected chi connectivity index (χ4v) is 2.17. The monoisotopic (exact) mass is 325 g/mol. The van der Waals surface area contributed by atoms with E-state index in [4.69, 9.17) is 27.9 Å². The topological polar surface area (TPSA) is 38.2 Å². The van der Waals surface area contributed by atoms with Crippen molar-refractivity contribution in [2.75, 3.05) is 18.6 Å². The van der Waals surface area contributed by atoms with Crippen LogP contribution in [-0.2, 0) is 17.9 Å². The molecule has 0 aliphatic carbocycles. The Labute approximate surface area is 134 Å². The van der Waals surface area contributed by atoms with Crippen molar-refractivity contribution in [3.8, 4) is 0 Å². The van der Waals surface area contributed by atoms with E-state index in [1.807, 2.05) is 43.1 Å². The fraction of sp³-hybridized carbons (Fsp3) is 0.333. The summed E-state index contributed by atoms with van der Waals surface area (Å²) in [4.78, 5) is 10.6. The standard InChI is InChI=1S/C15H17Cl2N3O/c1-3-21-10-14-18-13(17)8-15(19-14)20(2)9-11-4-6-12(16)7-5-11/h4-8H,3,9-10H2,1-2H3. The lowest BCUT2D eigenvalue weighted by molar-refractivity contribution is 0.128. The molecule has 6 heteroatoms. The molecule has 0 bridgehead atoms. The van der Waals surface area contributed by atoms with Gasteiger partial charge in [0.25, 0.3) is 0 Å². The second-order valence-electron chi connectivity index (χ2n) is 4.58. The number of rotatable bonds is 6. The van der Waals surface area contributed by atoms with Crippen LogP contribution < -0.4 is 4.90 Å². The van der Waals surface area contributed by atoms with E-state index in [1.54, 1.807) is 6.07 Å². The molecule has 0 unspecified atom stereocenters. The van der Waals surface area contributed by atoms with Gasteiger partial charge in [-0.05, 0) is 24.6 Å². The molecule has 0 radical (unpaired) electrons. The number of hydrogen-bond donors (Lipinski definition) is 0. The highest BCUT2D eigenvalue weighted by Gasteiger charge is 2.08. The zero-order valence-electron chi connectivity index (χ0n) is 12.0. The first-order valence-corrected chi connectivity index (χ1v) is 7.41. The van der Waals surface area contributed by atoms with Crippen molar-refractivity contribution < 1.29 is 4.74 Å². The second-order valence-corrected chi connectivity index (χ2v) is 5.41. The van der Waals surface area contributed by atoms with Gasteiger partial charge in [-0.1, -0.05) is 35.3 Å². The van der Waals surface area contributed by atoms with E-state index in [0.29, 0.717) is 30.7 Å². The fourth-order valence-electron chi connectivity index (χ4n) is 1.85. The van der Waals surface area contributed by atoms with Gasteiger partial charge in [0, 0.05) is 31.3 Å². The predicted octanol–water partition coefficient (Wildman–Crippen LogP) is 3.96. The summed E-state index contributed by atoms with van der Waals surface area (Å²) in [5.74, 6) is 1.35. The summed E-state index contributed by atoms with van der Waals surface area (Å²) in [6.45, 7) is 3.61. The zero-order chi connectivity index (χ0) is 15.2. The second kappa shape index (κ2) is 7.59. The summed E-state index contributed by atoms with van der Waals surface area (Å²) in [5, 5.41) is 1.14. The molecule has 0 saturated carbocycles. The van der Waals surface area contributed by atoms with Crippen molar-refractivity contribution in [3.63, 3.8) is 0 Å². The lowest BCUT2D eigenvalue weighted by Crippen LogP contribution is -2.18. The van der Waals surface area contributed by atoms with Gasteiger partial charge in [0.1, 0.15) is 17.6 Å². The average Bonchev–Trinajstić information content (AvgIpc) is 2.47. The molecule has 2 rings (SSSR count). The van der Waals surface area contributed by atoms with E-state index in [1.165, 1.54) is 0 Å². The minimum Gasteiger partial charge on any atom is -0.374 e. The molecule has 0 spiro atoms. The Kier molecular flexibility index (Phi) is 5.79. The van der Waals surface area contributed by atoms with E-state index in [2.05, 4.69) is 9.97 Å². The third kappa shape index (κ3) is 4.84. The molecule has 0 aliphatic rings. The number of halogens is 2. The Bertz CT molecular complexity index is 590. The number of nitrogens with zero attached hydrogens (tertiary/aromatic N) is 3. The lowest BCUT2D eigenvalue weighted by atomic mass is 10.2. The van der Waals surface area contributed by atoms with Crippen LogP contribution in [0.15, 0.2) is 30.3 Å². The van der Waals surface area contributed by atoms with Crippen LogP contribution >= 0.6 is 23.2 Å². The van der Waals surface area contributed by atoms with Gasteiger partial charge in [0.15, 0.2) is 5.82 Å². The summed E-state index contributed by atoms with van der Waals surface area (Å²) < 4.78 is 5.32. The smallest absolute Gasteiger partial charge is 0.158 e. The van der Waals surface area contributed by atoms with E-state index in [-0.39, 0.29) is 0 Å².